The molecule has 3 aromatic rings. The molecule has 2 aromatic carbocycles. The van der Waals surface area contributed by atoms with Gasteiger partial charge < -0.3 is 10.1 Å². The summed E-state index contributed by atoms with van der Waals surface area (Å²) in [6, 6.07) is 9.55. The summed E-state index contributed by atoms with van der Waals surface area (Å²) >= 11 is 3.19. The zero-order valence-corrected chi connectivity index (χ0v) is 19.3. The highest BCUT2D eigenvalue weighted by molar-refractivity contribution is 9.10. The quantitative estimate of drug-likeness (QED) is 0.444. The molecule has 0 radical (unpaired) electrons. The van der Waals surface area contributed by atoms with Gasteiger partial charge in [-0.05, 0) is 49.7 Å². The molecule has 0 amide bonds. The summed E-state index contributed by atoms with van der Waals surface area (Å²) in [6.45, 7) is 6.98. The van der Waals surface area contributed by atoms with Crippen molar-refractivity contribution < 1.29 is 17.9 Å². The SMILES string of the molecule is Cc1cccc2c(NCCCN3CCOCC3)nc(-c3cc(Br)cc(C(F)(F)F)c3)nc12. The Balaban J connectivity index is 1.63. The summed E-state index contributed by atoms with van der Waals surface area (Å²) in [5, 5.41) is 4.23. The second-order valence-electron chi connectivity index (χ2n) is 7.83. The van der Waals surface area contributed by atoms with Gasteiger partial charge in [0.2, 0.25) is 0 Å². The van der Waals surface area contributed by atoms with Crippen LogP contribution in [0.3, 0.4) is 0 Å². The lowest BCUT2D eigenvalue weighted by atomic mass is 10.1. The fraction of sp³-hybridized carbons (Fsp3) is 0.391. The van der Waals surface area contributed by atoms with Crippen LogP contribution in [-0.4, -0.2) is 54.3 Å². The largest absolute Gasteiger partial charge is 0.416 e. The van der Waals surface area contributed by atoms with Crippen molar-refractivity contribution in [1.82, 2.24) is 14.9 Å². The molecule has 170 valence electrons. The molecule has 1 aliphatic rings. The summed E-state index contributed by atoms with van der Waals surface area (Å²) in [4.78, 5) is 11.6. The second-order valence-corrected chi connectivity index (χ2v) is 8.74. The van der Waals surface area contributed by atoms with Crippen molar-refractivity contribution >= 4 is 32.7 Å². The van der Waals surface area contributed by atoms with Gasteiger partial charge in [0, 0.05) is 35.1 Å². The van der Waals surface area contributed by atoms with Crippen molar-refractivity contribution in [3.63, 3.8) is 0 Å². The van der Waals surface area contributed by atoms with Crippen LogP contribution in [0.5, 0.6) is 0 Å². The number of rotatable bonds is 6. The van der Waals surface area contributed by atoms with Crippen molar-refractivity contribution in [2.24, 2.45) is 0 Å². The topological polar surface area (TPSA) is 50.3 Å². The van der Waals surface area contributed by atoms with E-state index < -0.39 is 11.7 Å². The Morgan fingerprint density at radius 2 is 1.91 bits per heavy atom. The van der Waals surface area contributed by atoms with Gasteiger partial charge in [0.15, 0.2) is 5.82 Å². The first kappa shape index (κ1) is 22.9. The molecule has 1 saturated heterocycles. The molecule has 4 rings (SSSR count). The minimum absolute atomic E-state index is 0.259. The molecule has 1 aliphatic heterocycles. The first-order valence-corrected chi connectivity index (χ1v) is 11.3. The standard InChI is InChI=1S/C23H24BrF3N4O/c1-15-4-2-5-19-20(15)29-21(16-12-17(23(25,26)27)14-18(24)13-16)30-22(19)28-6-3-7-31-8-10-32-11-9-31/h2,4-5,12-14H,3,6-11H2,1H3,(H,28,29,30). The Morgan fingerprint density at radius 3 is 2.66 bits per heavy atom. The predicted octanol–water partition coefficient (Wildman–Crippen LogP) is 5.52. The summed E-state index contributed by atoms with van der Waals surface area (Å²) < 4.78 is 45.7. The molecule has 0 spiro atoms. The maximum Gasteiger partial charge on any atom is 0.416 e. The molecule has 0 atom stereocenters. The van der Waals surface area contributed by atoms with Crippen molar-refractivity contribution in [3.8, 4) is 11.4 Å². The normalized spacial score (nSPS) is 15.3. The molecule has 0 unspecified atom stereocenters. The lowest BCUT2D eigenvalue weighted by Gasteiger charge is -2.26. The predicted molar refractivity (Wildman–Crippen MR) is 123 cm³/mol. The summed E-state index contributed by atoms with van der Waals surface area (Å²) in [5.74, 6) is 0.887. The smallest absolute Gasteiger partial charge is 0.379 e. The first-order chi connectivity index (χ1) is 15.3. The number of benzene rings is 2. The monoisotopic (exact) mass is 508 g/mol. The Labute approximate surface area is 193 Å². The number of anilines is 1. The van der Waals surface area contributed by atoms with E-state index >= 15 is 0 Å². The van der Waals surface area contributed by atoms with Crippen molar-refractivity contribution in [3.05, 3.63) is 52.0 Å². The van der Waals surface area contributed by atoms with E-state index in [-0.39, 0.29) is 5.82 Å². The molecule has 1 aromatic heterocycles. The number of nitrogens with zero attached hydrogens (tertiary/aromatic N) is 3. The maximum atomic E-state index is 13.3. The van der Waals surface area contributed by atoms with Crippen molar-refractivity contribution in [1.29, 1.82) is 0 Å². The van der Waals surface area contributed by atoms with Gasteiger partial charge in [0.05, 0.1) is 24.3 Å². The number of morpholine rings is 1. The minimum Gasteiger partial charge on any atom is -0.379 e. The van der Waals surface area contributed by atoms with E-state index in [2.05, 4.69) is 36.1 Å². The fourth-order valence-electron chi connectivity index (χ4n) is 3.78. The number of fused-ring (bicyclic) bond motifs is 1. The Hall–Kier alpha value is -2.23. The highest BCUT2D eigenvalue weighted by atomic mass is 79.9. The molecule has 2 heterocycles. The average Bonchev–Trinajstić information content (AvgIpc) is 2.76. The van der Waals surface area contributed by atoms with E-state index in [4.69, 9.17) is 4.74 Å². The van der Waals surface area contributed by atoms with Crippen LogP contribution >= 0.6 is 15.9 Å². The van der Waals surface area contributed by atoms with E-state index in [0.717, 1.165) is 67.9 Å². The molecule has 9 heteroatoms. The third-order valence-corrected chi connectivity index (χ3v) is 5.92. The molecular weight excluding hydrogens is 485 g/mol. The van der Waals surface area contributed by atoms with Gasteiger partial charge in [-0.25, -0.2) is 9.97 Å². The van der Waals surface area contributed by atoms with Crippen LogP contribution in [0.2, 0.25) is 0 Å². The molecule has 1 N–H and O–H groups in total. The van der Waals surface area contributed by atoms with E-state index in [1.54, 1.807) is 6.07 Å². The summed E-state index contributed by atoms with van der Waals surface area (Å²) in [5.41, 5.74) is 1.24. The number of ether oxygens (including phenoxy) is 1. The Kier molecular flexibility index (Phi) is 6.97. The number of nitrogens with one attached hydrogen (secondary N) is 1. The first-order valence-electron chi connectivity index (χ1n) is 10.5. The molecular formula is C23H24BrF3N4O. The molecule has 32 heavy (non-hydrogen) atoms. The van der Waals surface area contributed by atoms with Crippen LogP contribution in [-0.2, 0) is 10.9 Å². The molecule has 5 nitrogen and oxygen atoms in total. The average molecular weight is 509 g/mol. The lowest BCUT2D eigenvalue weighted by molar-refractivity contribution is -0.137. The summed E-state index contributed by atoms with van der Waals surface area (Å²) in [6.07, 6.45) is -3.53. The molecule has 0 aliphatic carbocycles. The number of hydrogen-bond donors (Lipinski definition) is 1. The fourth-order valence-corrected chi connectivity index (χ4v) is 4.27. The second kappa shape index (κ2) is 9.72. The highest BCUT2D eigenvalue weighted by Crippen LogP contribution is 2.35. The lowest BCUT2D eigenvalue weighted by Crippen LogP contribution is -2.37. The third kappa shape index (κ3) is 5.39. The van der Waals surface area contributed by atoms with Crippen LogP contribution in [0.1, 0.15) is 17.5 Å². The van der Waals surface area contributed by atoms with Crippen molar-refractivity contribution in [2.75, 3.05) is 44.7 Å². The van der Waals surface area contributed by atoms with Gasteiger partial charge in [-0.15, -0.1) is 0 Å². The number of aromatic nitrogens is 2. The molecule has 0 bridgehead atoms. The van der Waals surface area contributed by atoms with Gasteiger partial charge in [0.1, 0.15) is 5.82 Å². The van der Waals surface area contributed by atoms with E-state index in [1.165, 1.54) is 0 Å². The van der Waals surface area contributed by atoms with Gasteiger partial charge in [-0.1, -0.05) is 28.1 Å². The summed E-state index contributed by atoms with van der Waals surface area (Å²) in [7, 11) is 0. The zero-order chi connectivity index (χ0) is 22.7. The van der Waals surface area contributed by atoms with Gasteiger partial charge in [0.25, 0.3) is 0 Å². The van der Waals surface area contributed by atoms with Crippen LogP contribution in [0.4, 0.5) is 19.0 Å². The number of aryl methyl sites for hydroxylation is 1. The highest BCUT2D eigenvalue weighted by Gasteiger charge is 2.31. The maximum absolute atomic E-state index is 13.3. The third-order valence-electron chi connectivity index (χ3n) is 5.46. The van der Waals surface area contributed by atoms with Crippen molar-refractivity contribution in [2.45, 2.75) is 19.5 Å². The van der Waals surface area contributed by atoms with Crippen LogP contribution in [0.25, 0.3) is 22.3 Å². The van der Waals surface area contributed by atoms with E-state index in [0.29, 0.717) is 22.4 Å². The Bertz CT molecular complexity index is 1100. The van der Waals surface area contributed by atoms with Gasteiger partial charge in [-0.2, -0.15) is 13.2 Å². The van der Waals surface area contributed by atoms with Crippen LogP contribution < -0.4 is 5.32 Å². The van der Waals surface area contributed by atoms with E-state index in [1.807, 2.05) is 25.1 Å². The number of hydrogen-bond acceptors (Lipinski definition) is 5. The van der Waals surface area contributed by atoms with Gasteiger partial charge >= 0.3 is 6.18 Å². The Morgan fingerprint density at radius 1 is 1.12 bits per heavy atom. The van der Waals surface area contributed by atoms with Crippen LogP contribution in [0.15, 0.2) is 40.9 Å². The van der Waals surface area contributed by atoms with E-state index in [9.17, 15) is 13.2 Å². The molecule has 1 fully saturated rings. The number of alkyl halides is 3. The number of halogens is 4. The van der Waals surface area contributed by atoms with Gasteiger partial charge in [-0.3, -0.25) is 4.90 Å². The number of para-hydroxylation sites is 1. The van der Waals surface area contributed by atoms with Crippen LogP contribution in [0, 0.1) is 6.92 Å². The zero-order valence-electron chi connectivity index (χ0n) is 17.7. The molecule has 0 saturated carbocycles. The minimum atomic E-state index is -4.45.